The first-order chi connectivity index (χ1) is 12.5. The summed E-state index contributed by atoms with van der Waals surface area (Å²) in [7, 11) is 0. The zero-order valence-electron chi connectivity index (χ0n) is 16.1. The maximum Gasteiger partial charge on any atom is 0.227 e. The minimum Gasteiger partial charge on any atom is -0.489 e. The molecule has 2 aromatic rings. The Hall–Kier alpha value is -2.04. The molecule has 4 nitrogen and oxygen atoms in total. The summed E-state index contributed by atoms with van der Waals surface area (Å²) in [6.45, 7) is 6.94. The molecule has 146 valence electrons. The summed E-state index contributed by atoms with van der Waals surface area (Å²) in [5, 5.41) is 0. The number of hydrogen-bond acceptors (Lipinski definition) is 3. The number of benzene rings is 2. The zero-order valence-corrected chi connectivity index (χ0v) is 16.9. The van der Waals surface area contributed by atoms with Gasteiger partial charge in [0, 0.05) is 13.1 Å². The normalized spacial score (nSPS) is 18.9. The molecular formula is C22H29ClN2O2. The van der Waals surface area contributed by atoms with Crippen LogP contribution in [0.4, 0.5) is 0 Å². The Bertz CT molecular complexity index is 780. The van der Waals surface area contributed by atoms with Gasteiger partial charge in [0.25, 0.3) is 0 Å². The van der Waals surface area contributed by atoms with Gasteiger partial charge in [-0.3, -0.25) is 4.79 Å². The maximum absolute atomic E-state index is 12.6. The molecule has 1 saturated heterocycles. The lowest BCUT2D eigenvalue weighted by atomic mass is 9.90. The largest absolute Gasteiger partial charge is 0.489 e. The van der Waals surface area contributed by atoms with Crippen LogP contribution in [0.2, 0.25) is 0 Å². The molecule has 0 radical (unpaired) electrons. The van der Waals surface area contributed by atoms with E-state index in [0.717, 1.165) is 36.4 Å². The first-order valence-corrected chi connectivity index (χ1v) is 9.23. The van der Waals surface area contributed by atoms with E-state index in [1.807, 2.05) is 35.2 Å². The number of carbonyl (C=O) groups is 1. The van der Waals surface area contributed by atoms with Crippen LogP contribution in [0.15, 0.2) is 48.5 Å². The van der Waals surface area contributed by atoms with E-state index in [1.165, 1.54) is 5.56 Å². The van der Waals surface area contributed by atoms with Crippen molar-refractivity contribution in [1.82, 2.24) is 4.90 Å². The topological polar surface area (TPSA) is 55.6 Å². The fraction of sp³-hybridized carbons (Fsp3) is 0.409. The number of amides is 1. The third kappa shape index (κ3) is 5.72. The van der Waals surface area contributed by atoms with Gasteiger partial charge in [-0.15, -0.1) is 12.4 Å². The van der Waals surface area contributed by atoms with Crippen molar-refractivity contribution in [3.63, 3.8) is 0 Å². The van der Waals surface area contributed by atoms with Crippen molar-refractivity contribution < 1.29 is 9.53 Å². The SMILES string of the molecule is Cc1cccc(COc2cccc(CC(=O)N3CCC(C)(CN)C3)c2)c1.Cl. The van der Waals surface area contributed by atoms with Crippen molar-refractivity contribution in [3.8, 4) is 5.75 Å². The highest BCUT2D eigenvalue weighted by atomic mass is 35.5. The van der Waals surface area contributed by atoms with E-state index in [1.54, 1.807) is 0 Å². The molecule has 1 fully saturated rings. The van der Waals surface area contributed by atoms with Gasteiger partial charge in [-0.1, -0.05) is 48.9 Å². The van der Waals surface area contributed by atoms with E-state index in [9.17, 15) is 4.79 Å². The Morgan fingerprint density at radius 2 is 1.93 bits per heavy atom. The van der Waals surface area contributed by atoms with Gasteiger partial charge < -0.3 is 15.4 Å². The number of nitrogens with zero attached hydrogens (tertiary/aromatic N) is 1. The molecule has 1 heterocycles. The van der Waals surface area contributed by atoms with Crippen LogP contribution in [0.1, 0.15) is 30.0 Å². The number of likely N-dealkylation sites (tertiary alicyclic amines) is 1. The second-order valence-corrected chi connectivity index (χ2v) is 7.68. The minimum absolute atomic E-state index is 0. The van der Waals surface area contributed by atoms with Crippen LogP contribution >= 0.6 is 12.4 Å². The monoisotopic (exact) mass is 388 g/mol. The molecule has 1 aliphatic rings. The summed E-state index contributed by atoms with van der Waals surface area (Å²) < 4.78 is 5.90. The van der Waals surface area contributed by atoms with Crippen molar-refractivity contribution in [2.75, 3.05) is 19.6 Å². The molecule has 0 saturated carbocycles. The van der Waals surface area contributed by atoms with Gasteiger partial charge >= 0.3 is 0 Å². The molecule has 1 amide bonds. The fourth-order valence-corrected chi connectivity index (χ4v) is 3.40. The van der Waals surface area contributed by atoms with Gasteiger partial charge in [0.2, 0.25) is 5.91 Å². The zero-order chi connectivity index (χ0) is 18.6. The molecular weight excluding hydrogens is 360 g/mol. The molecule has 0 aliphatic carbocycles. The van der Waals surface area contributed by atoms with Gasteiger partial charge in [0.15, 0.2) is 0 Å². The minimum atomic E-state index is 0. The third-order valence-corrected chi connectivity index (χ3v) is 5.15. The number of rotatable bonds is 6. The van der Waals surface area contributed by atoms with E-state index in [0.29, 0.717) is 19.6 Å². The lowest BCUT2D eigenvalue weighted by molar-refractivity contribution is -0.129. The lowest BCUT2D eigenvalue weighted by Crippen LogP contribution is -2.35. The van der Waals surface area contributed by atoms with Crippen molar-refractivity contribution in [1.29, 1.82) is 0 Å². The molecule has 0 aromatic heterocycles. The summed E-state index contributed by atoms with van der Waals surface area (Å²) in [5.41, 5.74) is 9.25. The Kier molecular flexibility index (Phi) is 7.28. The van der Waals surface area contributed by atoms with Gasteiger partial charge in [0.1, 0.15) is 12.4 Å². The highest BCUT2D eigenvalue weighted by Crippen LogP contribution is 2.29. The second-order valence-electron chi connectivity index (χ2n) is 7.68. The van der Waals surface area contributed by atoms with Gasteiger partial charge in [-0.2, -0.15) is 0 Å². The van der Waals surface area contributed by atoms with Crippen LogP contribution in [-0.4, -0.2) is 30.4 Å². The third-order valence-electron chi connectivity index (χ3n) is 5.15. The van der Waals surface area contributed by atoms with E-state index >= 15 is 0 Å². The Morgan fingerprint density at radius 1 is 1.19 bits per heavy atom. The van der Waals surface area contributed by atoms with Crippen LogP contribution < -0.4 is 10.5 Å². The van der Waals surface area contributed by atoms with Crippen LogP contribution in [-0.2, 0) is 17.8 Å². The number of halogens is 1. The molecule has 3 rings (SSSR count). The summed E-state index contributed by atoms with van der Waals surface area (Å²) in [4.78, 5) is 14.5. The number of ether oxygens (including phenoxy) is 1. The van der Waals surface area contributed by atoms with E-state index in [4.69, 9.17) is 10.5 Å². The van der Waals surface area contributed by atoms with Crippen LogP contribution in [0.3, 0.4) is 0 Å². The van der Waals surface area contributed by atoms with Gasteiger partial charge in [-0.05, 0) is 48.6 Å². The van der Waals surface area contributed by atoms with Crippen LogP contribution in [0.25, 0.3) is 0 Å². The predicted octanol–water partition coefficient (Wildman–Crippen LogP) is 3.74. The second kappa shape index (κ2) is 9.25. The van der Waals surface area contributed by atoms with E-state index in [-0.39, 0.29) is 23.7 Å². The van der Waals surface area contributed by atoms with Crippen LogP contribution in [0.5, 0.6) is 5.75 Å². The van der Waals surface area contributed by atoms with E-state index in [2.05, 4.69) is 32.0 Å². The smallest absolute Gasteiger partial charge is 0.227 e. The molecule has 0 bridgehead atoms. The summed E-state index contributed by atoms with van der Waals surface area (Å²) in [5.74, 6) is 0.961. The van der Waals surface area contributed by atoms with Gasteiger partial charge in [-0.25, -0.2) is 0 Å². The molecule has 27 heavy (non-hydrogen) atoms. The standard InChI is InChI=1S/C22H28N2O2.ClH/c1-17-5-3-7-19(11-17)14-26-20-8-4-6-18(12-20)13-21(25)24-10-9-22(2,15-23)16-24;/h3-8,11-12H,9-10,13-16,23H2,1-2H3;1H. The Labute approximate surface area is 168 Å². The number of nitrogens with two attached hydrogens (primary N) is 1. The van der Waals surface area contributed by atoms with Crippen molar-refractivity contribution in [3.05, 3.63) is 65.2 Å². The highest BCUT2D eigenvalue weighted by molar-refractivity contribution is 5.85. The fourth-order valence-electron chi connectivity index (χ4n) is 3.40. The summed E-state index contributed by atoms with van der Waals surface area (Å²) in [6, 6.07) is 16.1. The molecule has 2 aromatic carbocycles. The lowest BCUT2D eigenvalue weighted by Gasteiger charge is -2.22. The number of hydrogen-bond donors (Lipinski definition) is 1. The first-order valence-electron chi connectivity index (χ1n) is 9.23. The summed E-state index contributed by atoms with van der Waals surface area (Å²) >= 11 is 0. The van der Waals surface area contributed by atoms with Crippen molar-refractivity contribution in [2.24, 2.45) is 11.1 Å². The Balaban J connectivity index is 0.00000261. The van der Waals surface area contributed by atoms with Crippen molar-refractivity contribution >= 4 is 18.3 Å². The molecule has 5 heteroatoms. The molecule has 1 unspecified atom stereocenters. The Morgan fingerprint density at radius 3 is 2.63 bits per heavy atom. The van der Waals surface area contributed by atoms with Gasteiger partial charge in [0.05, 0.1) is 6.42 Å². The summed E-state index contributed by atoms with van der Waals surface area (Å²) in [6.07, 6.45) is 1.39. The maximum atomic E-state index is 12.6. The number of aryl methyl sites for hydroxylation is 1. The quantitative estimate of drug-likeness (QED) is 0.820. The molecule has 2 N–H and O–H groups in total. The predicted molar refractivity (Wildman–Crippen MR) is 111 cm³/mol. The highest BCUT2D eigenvalue weighted by Gasteiger charge is 2.34. The van der Waals surface area contributed by atoms with Crippen LogP contribution in [0, 0.1) is 12.3 Å². The van der Waals surface area contributed by atoms with E-state index < -0.39 is 0 Å². The average Bonchev–Trinajstić information content (AvgIpc) is 3.04. The molecule has 1 atom stereocenters. The average molecular weight is 389 g/mol. The first kappa shape index (κ1) is 21.3. The molecule has 1 aliphatic heterocycles. The molecule has 0 spiro atoms. The van der Waals surface area contributed by atoms with Crippen molar-refractivity contribution in [2.45, 2.75) is 33.3 Å². The number of carbonyl (C=O) groups excluding carboxylic acids is 1.